The number of pyridine rings is 1. The minimum absolute atomic E-state index is 0.0818. The maximum Gasteiger partial charge on any atom is 0.265 e. The van der Waals surface area contributed by atoms with Crippen molar-refractivity contribution in [2.45, 2.75) is 0 Å². The molecule has 0 saturated heterocycles. The second-order valence-corrected chi connectivity index (χ2v) is 5.92. The number of nitrogens with one attached hydrogen (secondary N) is 1. The number of hydrogen-bond acceptors (Lipinski definition) is 4. The Balaban J connectivity index is 2.31. The Bertz CT molecular complexity index is 1030. The second-order valence-electron chi connectivity index (χ2n) is 5.92. The highest BCUT2D eigenvalue weighted by Crippen LogP contribution is 2.33. The number of fused-ring (bicyclic) bond motifs is 1. The van der Waals surface area contributed by atoms with Crippen molar-refractivity contribution in [1.29, 1.82) is 0 Å². The van der Waals surface area contributed by atoms with Crippen molar-refractivity contribution in [3.05, 3.63) is 64.4 Å². The van der Waals surface area contributed by atoms with Crippen molar-refractivity contribution < 1.29 is 9.53 Å². The number of anilines is 2. The molecule has 3 rings (SSSR count). The molecule has 0 bridgehead atoms. The standard InChI is InChI=1S/C20H21N3O3/c1-21-18-16-14(11-8-12-15(16)26-4)23(3)20(25)17(18)19(24)22(2)13-9-6-5-7-10-13/h5-12,21H,1-4H3. The summed E-state index contributed by atoms with van der Waals surface area (Å²) in [6.07, 6.45) is 0. The van der Waals surface area contributed by atoms with Crippen LogP contribution in [0.5, 0.6) is 5.75 Å². The van der Waals surface area contributed by atoms with E-state index in [1.165, 1.54) is 9.47 Å². The minimum atomic E-state index is -0.381. The lowest BCUT2D eigenvalue weighted by Gasteiger charge is -2.21. The Labute approximate surface area is 151 Å². The van der Waals surface area contributed by atoms with Gasteiger partial charge in [0.25, 0.3) is 11.5 Å². The normalized spacial score (nSPS) is 10.6. The van der Waals surface area contributed by atoms with Gasteiger partial charge in [-0.05, 0) is 24.3 Å². The summed E-state index contributed by atoms with van der Waals surface area (Å²) in [6, 6.07) is 14.7. The molecule has 0 atom stereocenters. The highest BCUT2D eigenvalue weighted by molar-refractivity contribution is 6.14. The quantitative estimate of drug-likeness (QED) is 0.785. The van der Waals surface area contributed by atoms with E-state index in [1.54, 1.807) is 28.3 Å². The molecule has 3 aromatic rings. The van der Waals surface area contributed by atoms with Gasteiger partial charge in [-0.3, -0.25) is 9.59 Å². The van der Waals surface area contributed by atoms with Crippen LogP contribution < -0.4 is 20.5 Å². The van der Waals surface area contributed by atoms with Crippen molar-refractivity contribution in [1.82, 2.24) is 4.57 Å². The summed E-state index contributed by atoms with van der Waals surface area (Å²) in [5.74, 6) is 0.216. The largest absolute Gasteiger partial charge is 0.496 e. The summed E-state index contributed by atoms with van der Waals surface area (Å²) in [4.78, 5) is 27.6. The van der Waals surface area contributed by atoms with Crippen molar-refractivity contribution in [3.8, 4) is 5.75 Å². The van der Waals surface area contributed by atoms with E-state index in [1.807, 2.05) is 48.5 Å². The van der Waals surface area contributed by atoms with E-state index >= 15 is 0 Å². The monoisotopic (exact) mass is 351 g/mol. The second kappa shape index (κ2) is 6.92. The van der Waals surface area contributed by atoms with Crippen LogP contribution in [-0.2, 0) is 7.05 Å². The number of carbonyl (C=O) groups excluding carboxylic acids is 1. The zero-order chi connectivity index (χ0) is 18.8. The molecule has 26 heavy (non-hydrogen) atoms. The summed E-state index contributed by atoms with van der Waals surface area (Å²) >= 11 is 0. The number of benzene rings is 2. The van der Waals surface area contributed by atoms with Crippen molar-refractivity contribution in [2.24, 2.45) is 7.05 Å². The van der Waals surface area contributed by atoms with Crippen molar-refractivity contribution in [2.75, 3.05) is 31.4 Å². The van der Waals surface area contributed by atoms with Gasteiger partial charge in [-0.25, -0.2) is 0 Å². The number of aryl methyl sites for hydroxylation is 1. The Morgan fingerprint density at radius 3 is 2.42 bits per heavy atom. The van der Waals surface area contributed by atoms with Gasteiger partial charge in [0, 0.05) is 26.8 Å². The number of nitrogens with zero attached hydrogens (tertiary/aromatic N) is 2. The van der Waals surface area contributed by atoms with Gasteiger partial charge < -0.3 is 19.5 Å². The number of para-hydroxylation sites is 1. The molecule has 6 heteroatoms. The van der Waals surface area contributed by atoms with Crippen LogP contribution in [0.4, 0.5) is 11.4 Å². The highest BCUT2D eigenvalue weighted by Gasteiger charge is 2.25. The van der Waals surface area contributed by atoms with Gasteiger partial charge in [-0.1, -0.05) is 24.3 Å². The molecule has 1 N–H and O–H groups in total. The fourth-order valence-electron chi connectivity index (χ4n) is 3.11. The maximum atomic E-state index is 13.2. The molecule has 0 unspecified atom stereocenters. The number of rotatable bonds is 4. The van der Waals surface area contributed by atoms with Crippen LogP contribution in [0, 0.1) is 0 Å². The molecule has 2 aromatic carbocycles. The Hall–Kier alpha value is -3.28. The topological polar surface area (TPSA) is 63.6 Å². The van der Waals surface area contributed by atoms with Crippen molar-refractivity contribution in [3.63, 3.8) is 0 Å². The fourth-order valence-corrected chi connectivity index (χ4v) is 3.11. The number of amides is 1. The molecule has 0 aliphatic heterocycles. The lowest BCUT2D eigenvalue weighted by molar-refractivity contribution is 0.0992. The van der Waals surface area contributed by atoms with E-state index in [-0.39, 0.29) is 17.0 Å². The van der Waals surface area contributed by atoms with Gasteiger partial charge in [0.15, 0.2) is 0 Å². The van der Waals surface area contributed by atoms with Crippen molar-refractivity contribution >= 4 is 28.2 Å². The van der Waals surface area contributed by atoms with E-state index in [0.717, 1.165) is 0 Å². The average molecular weight is 351 g/mol. The molecular weight excluding hydrogens is 330 g/mol. The predicted octanol–water partition coefficient (Wildman–Crippen LogP) is 2.87. The first kappa shape index (κ1) is 17.5. The number of hydrogen-bond donors (Lipinski definition) is 1. The Morgan fingerprint density at radius 2 is 1.81 bits per heavy atom. The smallest absolute Gasteiger partial charge is 0.265 e. The average Bonchev–Trinajstić information content (AvgIpc) is 2.69. The highest BCUT2D eigenvalue weighted by atomic mass is 16.5. The third-order valence-corrected chi connectivity index (χ3v) is 4.52. The number of carbonyl (C=O) groups is 1. The third kappa shape index (κ3) is 2.69. The molecule has 0 fully saturated rings. The third-order valence-electron chi connectivity index (χ3n) is 4.52. The van der Waals surface area contributed by atoms with Crippen LogP contribution in [0.15, 0.2) is 53.3 Å². The van der Waals surface area contributed by atoms with E-state index < -0.39 is 0 Å². The first-order valence-corrected chi connectivity index (χ1v) is 8.21. The van der Waals surface area contributed by atoms with Gasteiger partial charge in [0.05, 0.1) is 23.7 Å². The van der Waals surface area contributed by atoms with Crippen LogP contribution >= 0.6 is 0 Å². The molecule has 0 saturated carbocycles. The van der Waals surface area contributed by atoms with Crippen LogP contribution in [0.3, 0.4) is 0 Å². The predicted molar refractivity (Wildman–Crippen MR) is 104 cm³/mol. The van der Waals surface area contributed by atoms with Gasteiger partial charge in [-0.2, -0.15) is 0 Å². The molecule has 1 aromatic heterocycles. The first-order valence-electron chi connectivity index (χ1n) is 8.21. The van der Waals surface area contributed by atoms with Gasteiger partial charge in [0.2, 0.25) is 0 Å². The van der Waals surface area contributed by atoms with Gasteiger partial charge >= 0.3 is 0 Å². The summed E-state index contributed by atoms with van der Waals surface area (Å²) in [5.41, 5.74) is 1.59. The molecule has 0 radical (unpaired) electrons. The molecule has 1 amide bonds. The summed E-state index contributed by atoms with van der Waals surface area (Å²) in [6.45, 7) is 0. The lowest BCUT2D eigenvalue weighted by Crippen LogP contribution is -2.35. The molecule has 6 nitrogen and oxygen atoms in total. The zero-order valence-electron chi connectivity index (χ0n) is 15.2. The zero-order valence-corrected chi connectivity index (χ0v) is 15.2. The van der Waals surface area contributed by atoms with Crippen LogP contribution in [0.2, 0.25) is 0 Å². The molecular formula is C20H21N3O3. The number of methoxy groups -OCH3 is 1. The van der Waals surface area contributed by atoms with E-state index in [4.69, 9.17) is 4.74 Å². The Morgan fingerprint density at radius 1 is 1.12 bits per heavy atom. The molecule has 1 heterocycles. The SMILES string of the molecule is CNc1c(C(=O)N(C)c2ccccc2)c(=O)n(C)c2cccc(OC)c12. The number of aromatic nitrogens is 1. The van der Waals surface area contributed by atoms with Gasteiger partial charge in [0.1, 0.15) is 11.3 Å². The van der Waals surface area contributed by atoms with Crippen LogP contribution in [-0.4, -0.2) is 31.7 Å². The van der Waals surface area contributed by atoms with Gasteiger partial charge in [-0.15, -0.1) is 0 Å². The van der Waals surface area contributed by atoms with E-state index in [9.17, 15) is 9.59 Å². The van der Waals surface area contributed by atoms with Crippen LogP contribution in [0.25, 0.3) is 10.9 Å². The maximum absolute atomic E-state index is 13.2. The molecule has 0 aliphatic carbocycles. The molecule has 0 aliphatic rings. The molecule has 0 spiro atoms. The summed E-state index contributed by atoms with van der Waals surface area (Å²) in [5, 5.41) is 3.73. The number of ether oxygens (including phenoxy) is 1. The lowest BCUT2D eigenvalue weighted by atomic mass is 10.1. The van der Waals surface area contributed by atoms with E-state index in [2.05, 4.69) is 5.32 Å². The molecule has 134 valence electrons. The Kier molecular flexibility index (Phi) is 4.67. The fraction of sp³-hybridized carbons (Fsp3) is 0.200. The first-order chi connectivity index (χ1) is 12.5. The summed E-state index contributed by atoms with van der Waals surface area (Å²) in [7, 11) is 6.57. The van der Waals surface area contributed by atoms with Crippen LogP contribution in [0.1, 0.15) is 10.4 Å². The summed E-state index contributed by atoms with van der Waals surface area (Å²) < 4.78 is 6.94. The minimum Gasteiger partial charge on any atom is -0.496 e. The van der Waals surface area contributed by atoms with E-state index in [0.29, 0.717) is 28.0 Å².